The Balaban J connectivity index is 1.67. The van der Waals surface area contributed by atoms with E-state index in [1.165, 1.54) is 0 Å². The van der Waals surface area contributed by atoms with Crippen molar-refractivity contribution < 1.29 is 9.53 Å². The third-order valence-corrected chi connectivity index (χ3v) is 6.35. The summed E-state index contributed by atoms with van der Waals surface area (Å²) in [5.74, 6) is 0.837. The first-order valence-corrected chi connectivity index (χ1v) is 10.5. The number of hydrogen-bond acceptors (Lipinski definition) is 4. The van der Waals surface area contributed by atoms with Crippen molar-refractivity contribution in [1.29, 1.82) is 0 Å². The summed E-state index contributed by atoms with van der Waals surface area (Å²) in [7, 11) is 3.83. The van der Waals surface area contributed by atoms with E-state index in [0.717, 1.165) is 64.2 Å². The second kappa shape index (κ2) is 8.08. The molecule has 152 valence electrons. The van der Waals surface area contributed by atoms with Crippen LogP contribution >= 0.6 is 15.9 Å². The fourth-order valence-electron chi connectivity index (χ4n) is 3.69. The van der Waals surface area contributed by atoms with Gasteiger partial charge in [-0.1, -0.05) is 15.9 Å². The van der Waals surface area contributed by atoms with Crippen molar-refractivity contribution in [3.63, 3.8) is 0 Å². The van der Waals surface area contributed by atoms with E-state index in [0.29, 0.717) is 0 Å². The summed E-state index contributed by atoms with van der Waals surface area (Å²) in [4.78, 5) is 17.6. The molecule has 1 aliphatic rings. The zero-order valence-corrected chi connectivity index (χ0v) is 18.5. The largest absolute Gasteiger partial charge is 0.495 e. The van der Waals surface area contributed by atoms with Crippen molar-refractivity contribution in [1.82, 2.24) is 9.47 Å². The molecule has 29 heavy (non-hydrogen) atoms. The molecule has 1 aliphatic heterocycles. The van der Waals surface area contributed by atoms with Gasteiger partial charge in [0.2, 0.25) is 0 Å². The normalized spacial score (nSPS) is 15.0. The Morgan fingerprint density at radius 2 is 1.86 bits per heavy atom. The maximum absolute atomic E-state index is 13.0. The predicted molar refractivity (Wildman–Crippen MR) is 121 cm³/mol. The quantitative estimate of drug-likeness (QED) is 0.627. The van der Waals surface area contributed by atoms with Gasteiger partial charge in [0.15, 0.2) is 0 Å². The van der Waals surface area contributed by atoms with Crippen molar-refractivity contribution in [3.8, 4) is 5.75 Å². The number of likely N-dealkylation sites (N-methyl/N-ethyl adjacent to an activating group) is 1. The van der Waals surface area contributed by atoms with Crippen LogP contribution in [0.1, 0.15) is 5.56 Å². The Hall–Kier alpha value is -2.51. The highest BCUT2D eigenvalue weighted by molar-refractivity contribution is 9.10. The first-order valence-electron chi connectivity index (χ1n) is 9.66. The SMILES string of the molecule is COc1cc2ccn(C(=O)Nc3ccc(Br)c(C)c3)c2cc1N1CCN(C)CC1. The molecule has 1 fully saturated rings. The second-order valence-electron chi connectivity index (χ2n) is 7.45. The molecule has 0 radical (unpaired) electrons. The molecule has 0 bridgehead atoms. The standard InChI is InChI=1S/C22H25BrN4O2/c1-15-12-17(4-5-18(15)23)24-22(28)27-7-6-16-13-21(29-3)20(14-19(16)27)26-10-8-25(2)9-11-26/h4-7,12-14H,8-11H2,1-3H3,(H,24,28). The maximum Gasteiger partial charge on any atom is 0.330 e. The fraction of sp³-hybridized carbons (Fsp3) is 0.318. The molecule has 0 unspecified atom stereocenters. The van der Waals surface area contributed by atoms with Crippen molar-refractivity contribution >= 4 is 44.2 Å². The molecule has 0 spiro atoms. The summed E-state index contributed by atoms with van der Waals surface area (Å²) in [6.07, 6.45) is 1.80. The van der Waals surface area contributed by atoms with Crippen LogP contribution in [0.25, 0.3) is 10.9 Å². The molecule has 1 saturated heterocycles. The third-order valence-electron chi connectivity index (χ3n) is 5.46. The van der Waals surface area contributed by atoms with Gasteiger partial charge in [0.25, 0.3) is 0 Å². The van der Waals surface area contributed by atoms with E-state index < -0.39 is 0 Å². The number of piperazine rings is 1. The number of amides is 1. The summed E-state index contributed by atoms with van der Waals surface area (Å²) in [5, 5.41) is 3.96. The lowest BCUT2D eigenvalue weighted by molar-refractivity contribution is 0.254. The Morgan fingerprint density at radius 1 is 1.10 bits per heavy atom. The van der Waals surface area contributed by atoms with Gasteiger partial charge in [-0.3, -0.25) is 4.57 Å². The van der Waals surface area contributed by atoms with Crippen molar-refractivity contribution in [2.24, 2.45) is 0 Å². The van der Waals surface area contributed by atoms with Crippen LogP contribution in [0.2, 0.25) is 0 Å². The topological polar surface area (TPSA) is 49.7 Å². The number of rotatable bonds is 3. The molecule has 0 atom stereocenters. The number of carbonyl (C=O) groups is 1. The average Bonchev–Trinajstić information content (AvgIpc) is 3.13. The van der Waals surface area contributed by atoms with Crippen LogP contribution in [0.3, 0.4) is 0 Å². The Bertz CT molecular complexity index is 1050. The van der Waals surface area contributed by atoms with E-state index in [4.69, 9.17) is 4.74 Å². The second-order valence-corrected chi connectivity index (χ2v) is 8.31. The van der Waals surface area contributed by atoms with Crippen LogP contribution in [0, 0.1) is 6.92 Å². The van der Waals surface area contributed by atoms with Gasteiger partial charge in [0.05, 0.1) is 18.3 Å². The van der Waals surface area contributed by atoms with E-state index >= 15 is 0 Å². The number of methoxy groups -OCH3 is 1. The summed E-state index contributed by atoms with van der Waals surface area (Å²) >= 11 is 3.49. The molecular formula is C22H25BrN4O2. The first kappa shape index (κ1) is 19.8. The van der Waals surface area contributed by atoms with Crippen LogP contribution < -0.4 is 15.0 Å². The number of ether oxygens (including phenoxy) is 1. The number of benzene rings is 2. The zero-order valence-electron chi connectivity index (χ0n) is 16.9. The minimum absolute atomic E-state index is 0.184. The summed E-state index contributed by atoms with van der Waals surface area (Å²) in [6.45, 7) is 5.88. The molecule has 0 aliphatic carbocycles. The van der Waals surface area contributed by atoms with Gasteiger partial charge in [0.1, 0.15) is 5.75 Å². The monoisotopic (exact) mass is 456 g/mol. The molecule has 1 N–H and O–H groups in total. The third kappa shape index (κ3) is 3.97. The number of aromatic nitrogens is 1. The lowest BCUT2D eigenvalue weighted by atomic mass is 10.2. The van der Waals surface area contributed by atoms with Gasteiger partial charge in [-0.2, -0.15) is 0 Å². The minimum atomic E-state index is -0.184. The molecule has 7 heteroatoms. The molecular weight excluding hydrogens is 432 g/mol. The van der Waals surface area contributed by atoms with Gasteiger partial charge >= 0.3 is 6.03 Å². The minimum Gasteiger partial charge on any atom is -0.495 e. The molecule has 2 aromatic carbocycles. The summed E-state index contributed by atoms with van der Waals surface area (Å²) in [5.41, 5.74) is 3.74. The lowest BCUT2D eigenvalue weighted by Crippen LogP contribution is -2.44. The number of hydrogen-bond donors (Lipinski definition) is 1. The number of halogens is 1. The molecule has 1 aromatic heterocycles. The molecule has 2 heterocycles. The molecule has 4 rings (SSSR count). The van der Waals surface area contributed by atoms with Crippen LogP contribution in [0.4, 0.5) is 16.2 Å². The van der Waals surface area contributed by atoms with Crippen LogP contribution in [0.5, 0.6) is 5.75 Å². The number of aryl methyl sites for hydroxylation is 1. The van der Waals surface area contributed by atoms with Crippen molar-refractivity contribution in [2.75, 3.05) is 50.6 Å². The van der Waals surface area contributed by atoms with E-state index in [9.17, 15) is 4.79 Å². The van der Waals surface area contributed by atoms with Crippen LogP contribution in [0.15, 0.2) is 47.1 Å². The average molecular weight is 457 g/mol. The fourth-order valence-corrected chi connectivity index (χ4v) is 3.94. The summed E-state index contributed by atoms with van der Waals surface area (Å²) < 4.78 is 8.33. The molecule has 0 saturated carbocycles. The molecule has 1 amide bonds. The van der Waals surface area contributed by atoms with Gasteiger partial charge in [-0.15, -0.1) is 0 Å². The maximum atomic E-state index is 13.0. The lowest BCUT2D eigenvalue weighted by Gasteiger charge is -2.34. The number of nitrogens with one attached hydrogen (secondary N) is 1. The summed E-state index contributed by atoms with van der Waals surface area (Å²) in [6, 6.07) is 11.6. The predicted octanol–water partition coefficient (Wildman–Crippen LogP) is 4.55. The Labute approximate surface area is 179 Å². The Kier molecular flexibility index (Phi) is 5.52. The first-order chi connectivity index (χ1) is 14.0. The van der Waals surface area contributed by atoms with Gasteiger partial charge in [0, 0.05) is 47.9 Å². The van der Waals surface area contributed by atoms with E-state index in [-0.39, 0.29) is 6.03 Å². The molecule has 6 nitrogen and oxygen atoms in total. The highest BCUT2D eigenvalue weighted by Crippen LogP contribution is 2.34. The van der Waals surface area contributed by atoms with E-state index in [1.54, 1.807) is 17.9 Å². The van der Waals surface area contributed by atoms with Crippen LogP contribution in [-0.4, -0.2) is 55.8 Å². The van der Waals surface area contributed by atoms with Gasteiger partial charge in [-0.25, -0.2) is 4.79 Å². The van der Waals surface area contributed by atoms with E-state index in [1.807, 2.05) is 37.3 Å². The van der Waals surface area contributed by atoms with Crippen molar-refractivity contribution in [2.45, 2.75) is 6.92 Å². The van der Waals surface area contributed by atoms with Gasteiger partial charge < -0.3 is 19.9 Å². The number of nitrogens with zero attached hydrogens (tertiary/aromatic N) is 3. The van der Waals surface area contributed by atoms with Crippen LogP contribution in [-0.2, 0) is 0 Å². The van der Waals surface area contributed by atoms with E-state index in [2.05, 4.69) is 44.2 Å². The zero-order chi connectivity index (χ0) is 20.5. The smallest absolute Gasteiger partial charge is 0.330 e. The highest BCUT2D eigenvalue weighted by Gasteiger charge is 2.20. The number of fused-ring (bicyclic) bond motifs is 1. The van der Waals surface area contributed by atoms with Gasteiger partial charge in [-0.05, 0) is 55.9 Å². The van der Waals surface area contributed by atoms with Crippen molar-refractivity contribution in [3.05, 3.63) is 52.6 Å². The highest BCUT2D eigenvalue weighted by atomic mass is 79.9. The number of anilines is 2. The Morgan fingerprint density at radius 3 is 2.55 bits per heavy atom. The molecule has 3 aromatic rings. The number of carbonyl (C=O) groups excluding carboxylic acids is 1.